The minimum Gasteiger partial charge on any atom is -0.342 e. The van der Waals surface area contributed by atoms with Crippen molar-refractivity contribution in [2.45, 2.75) is 39.5 Å². The predicted octanol–water partition coefficient (Wildman–Crippen LogP) is 2.63. The van der Waals surface area contributed by atoms with Gasteiger partial charge in [0, 0.05) is 43.9 Å². The maximum Gasteiger partial charge on any atom is 0.227 e. The van der Waals surface area contributed by atoms with E-state index in [0.29, 0.717) is 5.92 Å². The zero-order valence-electron chi connectivity index (χ0n) is 14.9. The van der Waals surface area contributed by atoms with Gasteiger partial charge in [-0.1, -0.05) is 20.8 Å². The van der Waals surface area contributed by atoms with Crippen LogP contribution >= 0.6 is 0 Å². The number of likely N-dealkylation sites (tertiary alicyclic amines) is 1. The number of rotatable bonds is 2. The average molecular weight is 327 g/mol. The van der Waals surface area contributed by atoms with E-state index in [1.165, 1.54) is 0 Å². The fourth-order valence-corrected chi connectivity index (χ4v) is 3.16. The molecule has 128 valence electrons. The third kappa shape index (κ3) is 3.32. The van der Waals surface area contributed by atoms with Crippen LogP contribution in [0.2, 0.25) is 0 Å². The molecule has 3 heterocycles. The van der Waals surface area contributed by atoms with Crippen molar-refractivity contribution in [2.75, 3.05) is 13.1 Å². The monoisotopic (exact) mass is 327 g/mol. The molecule has 24 heavy (non-hydrogen) atoms. The molecule has 0 N–H and O–H groups in total. The minimum absolute atomic E-state index is 0.235. The molecule has 2 aromatic heterocycles. The Bertz CT molecular complexity index is 706. The average Bonchev–Trinajstić information content (AvgIpc) is 3.00. The fraction of sp³-hybridized carbons (Fsp3) is 0.556. The topological polar surface area (TPSA) is 63.9 Å². The van der Waals surface area contributed by atoms with Gasteiger partial charge < -0.3 is 4.90 Å². The Morgan fingerprint density at radius 3 is 2.38 bits per heavy atom. The summed E-state index contributed by atoms with van der Waals surface area (Å²) in [6.45, 7) is 7.52. The number of hydrogen-bond donors (Lipinski definition) is 0. The number of nitrogens with zero attached hydrogens (tertiary/aromatic N) is 5. The number of hydrogen-bond acceptors (Lipinski definition) is 4. The quantitative estimate of drug-likeness (QED) is 0.850. The molecule has 3 rings (SSSR count). The Hall–Kier alpha value is -2.24. The van der Waals surface area contributed by atoms with Crippen LogP contribution in [0, 0.1) is 5.41 Å². The zero-order chi connectivity index (χ0) is 17.3. The van der Waals surface area contributed by atoms with Gasteiger partial charge in [-0.15, -0.1) is 0 Å². The molecule has 1 aliphatic heterocycles. The lowest BCUT2D eigenvalue weighted by Crippen LogP contribution is -2.43. The predicted molar refractivity (Wildman–Crippen MR) is 92.2 cm³/mol. The van der Waals surface area contributed by atoms with Gasteiger partial charge in [0.2, 0.25) is 5.91 Å². The molecule has 2 aromatic rings. The van der Waals surface area contributed by atoms with Crippen LogP contribution in [0.1, 0.15) is 45.2 Å². The van der Waals surface area contributed by atoms with Gasteiger partial charge >= 0.3 is 0 Å². The van der Waals surface area contributed by atoms with Crippen LogP contribution in [0.5, 0.6) is 0 Å². The summed E-state index contributed by atoms with van der Waals surface area (Å²) in [5.74, 6) is 0.612. The molecule has 0 atom stereocenters. The standard InChI is InChI=1S/C18H25N5O/c1-18(2,3)17(24)23-9-6-13(7-10-23)14-11-20-15(12-19-14)16-5-8-21-22(16)4/h5,8,11-13H,6-7,9-10H2,1-4H3. The third-order valence-corrected chi connectivity index (χ3v) is 4.60. The van der Waals surface area contributed by atoms with Gasteiger partial charge in [0.15, 0.2) is 0 Å². The molecule has 0 radical (unpaired) electrons. The SMILES string of the molecule is Cn1nccc1-c1cnc(C2CCN(C(=O)C(C)(C)C)CC2)cn1. The van der Waals surface area contributed by atoms with Gasteiger partial charge in [-0.3, -0.25) is 19.4 Å². The van der Waals surface area contributed by atoms with Crippen molar-refractivity contribution in [3.63, 3.8) is 0 Å². The highest BCUT2D eigenvalue weighted by Crippen LogP contribution is 2.29. The number of aryl methyl sites for hydroxylation is 1. The van der Waals surface area contributed by atoms with Crippen LogP contribution in [0.25, 0.3) is 11.4 Å². The van der Waals surface area contributed by atoms with E-state index in [9.17, 15) is 4.79 Å². The molecule has 6 nitrogen and oxygen atoms in total. The summed E-state index contributed by atoms with van der Waals surface area (Å²) in [7, 11) is 1.90. The Labute approximate surface area is 142 Å². The summed E-state index contributed by atoms with van der Waals surface area (Å²) in [6.07, 6.45) is 7.34. The van der Waals surface area contributed by atoms with Gasteiger partial charge in [-0.05, 0) is 18.9 Å². The van der Waals surface area contributed by atoms with E-state index in [4.69, 9.17) is 0 Å². The lowest BCUT2D eigenvalue weighted by Gasteiger charge is -2.35. The third-order valence-electron chi connectivity index (χ3n) is 4.60. The van der Waals surface area contributed by atoms with E-state index >= 15 is 0 Å². The Morgan fingerprint density at radius 2 is 1.88 bits per heavy atom. The second-order valence-electron chi connectivity index (χ2n) is 7.48. The van der Waals surface area contributed by atoms with Crippen molar-refractivity contribution in [3.8, 4) is 11.4 Å². The summed E-state index contributed by atoms with van der Waals surface area (Å²) >= 11 is 0. The van der Waals surface area contributed by atoms with Gasteiger partial charge in [-0.25, -0.2) is 0 Å². The van der Waals surface area contributed by atoms with Crippen LogP contribution in [0.4, 0.5) is 0 Å². The highest BCUT2D eigenvalue weighted by Gasteiger charge is 2.31. The van der Waals surface area contributed by atoms with Crippen molar-refractivity contribution >= 4 is 5.91 Å². The number of aromatic nitrogens is 4. The molecular formula is C18H25N5O. The fourth-order valence-electron chi connectivity index (χ4n) is 3.16. The highest BCUT2D eigenvalue weighted by molar-refractivity contribution is 5.81. The summed E-state index contributed by atoms with van der Waals surface area (Å²) in [5, 5.41) is 4.16. The lowest BCUT2D eigenvalue weighted by atomic mass is 9.90. The van der Waals surface area contributed by atoms with E-state index in [-0.39, 0.29) is 11.3 Å². The van der Waals surface area contributed by atoms with Crippen LogP contribution in [0.3, 0.4) is 0 Å². The largest absolute Gasteiger partial charge is 0.342 e. The van der Waals surface area contributed by atoms with Crippen molar-refractivity contribution in [1.82, 2.24) is 24.6 Å². The van der Waals surface area contributed by atoms with Crippen LogP contribution in [0.15, 0.2) is 24.7 Å². The van der Waals surface area contributed by atoms with E-state index < -0.39 is 0 Å². The molecule has 1 saturated heterocycles. The van der Waals surface area contributed by atoms with Crippen LogP contribution < -0.4 is 0 Å². The van der Waals surface area contributed by atoms with E-state index in [1.54, 1.807) is 10.9 Å². The zero-order valence-corrected chi connectivity index (χ0v) is 14.9. The van der Waals surface area contributed by atoms with E-state index in [1.807, 2.05) is 51.2 Å². The second kappa shape index (κ2) is 6.34. The summed E-state index contributed by atoms with van der Waals surface area (Å²) in [6, 6.07) is 1.93. The molecule has 1 fully saturated rings. The summed E-state index contributed by atoms with van der Waals surface area (Å²) in [5.41, 5.74) is 2.50. The number of amides is 1. The van der Waals surface area contributed by atoms with E-state index in [0.717, 1.165) is 43.0 Å². The van der Waals surface area contributed by atoms with Gasteiger partial charge in [0.05, 0.1) is 17.6 Å². The first kappa shape index (κ1) is 16.6. The number of piperidine rings is 1. The summed E-state index contributed by atoms with van der Waals surface area (Å²) < 4.78 is 1.79. The number of carbonyl (C=O) groups is 1. The van der Waals surface area contributed by atoms with E-state index in [2.05, 4.69) is 15.1 Å². The first-order valence-electron chi connectivity index (χ1n) is 8.46. The summed E-state index contributed by atoms with van der Waals surface area (Å²) in [4.78, 5) is 23.5. The molecule has 1 amide bonds. The molecule has 0 aliphatic carbocycles. The molecule has 1 aliphatic rings. The first-order chi connectivity index (χ1) is 11.4. The van der Waals surface area contributed by atoms with Crippen molar-refractivity contribution in [1.29, 1.82) is 0 Å². The van der Waals surface area contributed by atoms with Crippen LogP contribution in [-0.4, -0.2) is 43.6 Å². The molecule has 0 aromatic carbocycles. The molecule has 0 spiro atoms. The Balaban J connectivity index is 1.65. The van der Waals surface area contributed by atoms with Gasteiger partial charge in [0.1, 0.15) is 5.69 Å². The lowest BCUT2D eigenvalue weighted by molar-refractivity contribution is -0.140. The smallest absolute Gasteiger partial charge is 0.227 e. The second-order valence-corrected chi connectivity index (χ2v) is 7.48. The molecule has 0 unspecified atom stereocenters. The Morgan fingerprint density at radius 1 is 1.17 bits per heavy atom. The Kier molecular flexibility index (Phi) is 4.39. The maximum atomic E-state index is 12.4. The number of carbonyl (C=O) groups excluding carboxylic acids is 1. The van der Waals surface area contributed by atoms with Crippen molar-refractivity contribution in [2.24, 2.45) is 12.5 Å². The van der Waals surface area contributed by atoms with Crippen molar-refractivity contribution in [3.05, 3.63) is 30.4 Å². The molecule has 0 saturated carbocycles. The van der Waals surface area contributed by atoms with Gasteiger partial charge in [0.25, 0.3) is 0 Å². The maximum absolute atomic E-state index is 12.4. The first-order valence-corrected chi connectivity index (χ1v) is 8.46. The minimum atomic E-state index is -0.308. The normalized spacial score (nSPS) is 16.4. The van der Waals surface area contributed by atoms with Crippen molar-refractivity contribution < 1.29 is 4.79 Å². The molecule has 6 heteroatoms. The van der Waals surface area contributed by atoms with Gasteiger partial charge in [-0.2, -0.15) is 5.10 Å². The molecule has 0 bridgehead atoms. The van der Waals surface area contributed by atoms with Crippen LogP contribution in [-0.2, 0) is 11.8 Å². The molecular weight excluding hydrogens is 302 g/mol. The highest BCUT2D eigenvalue weighted by atomic mass is 16.2.